The van der Waals surface area contributed by atoms with Crippen molar-refractivity contribution in [1.82, 2.24) is 0 Å². The van der Waals surface area contributed by atoms with Gasteiger partial charge in [0.1, 0.15) is 5.76 Å². The van der Waals surface area contributed by atoms with Gasteiger partial charge >= 0.3 is 0 Å². The van der Waals surface area contributed by atoms with Gasteiger partial charge in [-0.1, -0.05) is 12.7 Å². The lowest BCUT2D eigenvalue weighted by Crippen LogP contribution is -1.93. The molecule has 0 atom stereocenters. The molecule has 0 unspecified atom stereocenters. The van der Waals surface area contributed by atoms with E-state index in [1.54, 1.807) is 6.08 Å². The molecule has 0 aliphatic rings. The predicted octanol–water partition coefficient (Wildman–Crippen LogP) is 1.56. The van der Waals surface area contributed by atoms with E-state index in [1.807, 2.05) is 13.8 Å². The molecule has 13 heavy (non-hydrogen) atoms. The number of carbonyl (C=O) groups is 1. The van der Waals surface area contributed by atoms with E-state index < -0.39 is 0 Å². The Kier molecular flexibility index (Phi) is 5.55. The lowest BCUT2D eigenvalue weighted by Gasteiger charge is -2.03. The monoisotopic (exact) mass is 182 g/mol. The van der Waals surface area contributed by atoms with E-state index in [0.717, 1.165) is 5.57 Å². The molecule has 0 rings (SSSR count). The second-order valence-corrected chi connectivity index (χ2v) is 2.66. The van der Waals surface area contributed by atoms with Gasteiger partial charge in [-0.15, -0.1) is 0 Å². The molecule has 0 saturated heterocycles. The Morgan fingerprint density at radius 2 is 2.15 bits per heavy atom. The van der Waals surface area contributed by atoms with Crippen molar-refractivity contribution >= 4 is 6.47 Å². The van der Waals surface area contributed by atoms with E-state index in [9.17, 15) is 4.79 Å². The second-order valence-electron chi connectivity index (χ2n) is 2.66. The highest BCUT2D eigenvalue weighted by molar-refractivity contribution is 5.43. The van der Waals surface area contributed by atoms with Gasteiger partial charge < -0.3 is 9.84 Å². The fraction of sp³-hybridized carbons (Fsp3) is 0.300. The maximum Gasteiger partial charge on any atom is 0.298 e. The molecule has 3 heteroatoms. The molecule has 0 aromatic heterocycles. The molecule has 0 aromatic carbocycles. The number of aliphatic hydroxyl groups excluding tert-OH is 1. The van der Waals surface area contributed by atoms with Crippen LogP contribution in [-0.2, 0) is 9.53 Å². The van der Waals surface area contributed by atoms with Gasteiger partial charge in [-0.3, -0.25) is 4.79 Å². The van der Waals surface area contributed by atoms with Crippen molar-refractivity contribution in [3.05, 3.63) is 35.6 Å². The van der Waals surface area contributed by atoms with Crippen LogP contribution in [-0.4, -0.2) is 18.2 Å². The van der Waals surface area contributed by atoms with Crippen LogP contribution in [0.2, 0.25) is 0 Å². The van der Waals surface area contributed by atoms with Crippen molar-refractivity contribution in [3.8, 4) is 0 Å². The molecule has 0 spiro atoms. The molecule has 0 heterocycles. The van der Waals surface area contributed by atoms with Gasteiger partial charge in [-0.25, -0.2) is 0 Å². The van der Waals surface area contributed by atoms with Gasteiger partial charge in [0.25, 0.3) is 6.47 Å². The Balaban J connectivity index is 4.77. The SMILES string of the molecule is C=C/C(=C\C(OC=O)=C(C)C)CO. The standard InChI is InChI=1S/C10H14O3/c1-4-9(6-11)5-10(8(2)3)13-7-12/h4-5,7,11H,1,6H2,2-3H3/b9-5+. The number of hydrogen-bond donors (Lipinski definition) is 1. The van der Waals surface area contributed by atoms with Crippen LogP contribution in [0.25, 0.3) is 0 Å². The second kappa shape index (κ2) is 6.20. The topological polar surface area (TPSA) is 46.5 Å². The maximum absolute atomic E-state index is 10.1. The van der Waals surface area contributed by atoms with Crippen molar-refractivity contribution in [3.63, 3.8) is 0 Å². The Hall–Kier alpha value is -1.35. The van der Waals surface area contributed by atoms with Crippen LogP contribution < -0.4 is 0 Å². The van der Waals surface area contributed by atoms with Crippen molar-refractivity contribution < 1.29 is 14.6 Å². The van der Waals surface area contributed by atoms with Crippen LogP contribution in [0.15, 0.2) is 35.6 Å². The summed E-state index contributed by atoms with van der Waals surface area (Å²) in [6, 6.07) is 0. The molecular formula is C10H14O3. The summed E-state index contributed by atoms with van der Waals surface area (Å²) in [6.07, 6.45) is 3.09. The summed E-state index contributed by atoms with van der Waals surface area (Å²) < 4.78 is 4.70. The van der Waals surface area contributed by atoms with Crippen LogP contribution in [0, 0.1) is 0 Å². The summed E-state index contributed by atoms with van der Waals surface area (Å²) in [6.45, 7) is 7.37. The summed E-state index contributed by atoms with van der Waals surface area (Å²) in [5, 5.41) is 8.82. The zero-order valence-electron chi connectivity index (χ0n) is 7.91. The molecule has 0 fully saturated rings. The minimum atomic E-state index is -0.123. The quantitative estimate of drug-likeness (QED) is 0.398. The third kappa shape index (κ3) is 4.28. The molecule has 72 valence electrons. The maximum atomic E-state index is 10.1. The van der Waals surface area contributed by atoms with Crippen molar-refractivity contribution in [2.24, 2.45) is 0 Å². The number of carbonyl (C=O) groups excluding carboxylic acids is 1. The van der Waals surface area contributed by atoms with E-state index in [0.29, 0.717) is 17.8 Å². The van der Waals surface area contributed by atoms with Crippen LogP contribution in [0.4, 0.5) is 0 Å². The fourth-order valence-corrected chi connectivity index (χ4v) is 0.686. The van der Waals surface area contributed by atoms with Crippen molar-refractivity contribution in [2.75, 3.05) is 6.61 Å². The first-order valence-corrected chi connectivity index (χ1v) is 3.87. The number of hydrogen-bond acceptors (Lipinski definition) is 3. The first-order chi connectivity index (χ1) is 6.15. The molecule has 0 bridgehead atoms. The van der Waals surface area contributed by atoms with Gasteiger partial charge in [0.2, 0.25) is 0 Å². The van der Waals surface area contributed by atoms with Crippen LogP contribution in [0.5, 0.6) is 0 Å². The van der Waals surface area contributed by atoms with Gasteiger partial charge in [0.15, 0.2) is 0 Å². The van der Waals surface area contributed by atoms with Crippen molar-refractivity contribution in [1.29, 1.82) is 0 Å². The van der Waals surface area contributed by atoms with Gasteiger partial charge in [-0.05, 0) is 31.1 Å². The highest BCUT2D eigenvalue weighted by Gasteiger charge is 1.98. The predicted molar refractivity (Wildman–Crippen MR) is 50.9 cm³/mol. The zero-order valence-corrected chi connectivity index (χ0v) is 7.91. The molecular weight excluding hydrogens is 168 g/mol. The number of rotatable bonds is 5. The third-order valence-corrected chi connectivity index (χ3v) is 1.43. The van der Waals surface area contributed by atoms with E-state index >= 15 is 0 Å². The van der Waals surface area contributed by atoms with Crippen LogP contribution in [0.3, 0.4) is 0 Å². The Labute approximate surface area is 78.0 Å². The number of allylic oxidation sites excluding steroid dienone is 2. The highest BCUT2D eigenvalue weighted by atomic mass is 16.5. The molecule has 3 nitrogen and oxygen atoms in total. The number of aliphatic hydroxyl groups is 1. The Morgan fingerprint density at radius 1 is 1.54 bits per heavy atom. The summed E-state index contributed by atoms with van der Waals surface area (Å²) in [4.78, 5) is 10.1. The largest absolute Gasteiger partial charge is 0.429 e. The van der Waals surface area contributed by atoms with Crippen LogP contribution >= 0.6 is 0 Å². The average Bonchev–Trinajstić information content (AvgIpc) is 2.11. The molecule has 0 saturated carbocycles. The molecule has 0 amide bonds. The van der Waals surface area contributed by atoms with Crippen molar-refractivity contribution in [2.45, 2.75) is 13.8 Å². The molecule has 0 aromatic rings. The average molecular weight is 182 g/mol. The summed E-state index contributed by atoms with van der Waals surface area (Å²) in [7, 11) is 0. The summed E-state index contributed by atoms with van der Waals surface area (Å²) in [5.74, 6) is 0.443. The van der Waals surface area contributed by atoms with E-state index in [2.05, 4.69) is 6.58 Å². The van der Waals surface area contributed by atoms with Gasteiger partial charge in [0.05, 0.1) is 6.61 Å². The normalized spacial score (nSPS) is 10.5. The first-order valence-electron chi connectivity index (χ1n) is 3.87. The first kappa shape index (κ1) is 11.6. The summed E-state index contributed by atoms with van der Waals surface area (Å²) in [5.41, 5.74) is 1.47. The smallest absolute Gasteiger partial charge is 0.298 e. The van der Waals surface area contributed by atoms with E-state index in [4.69, 9.17) is 9.84 Å². The van der Waals surface area contributed by atoms with Gasteiger partial charge in [0, 0.05) is 0 Å². The molecule has 0 aliphatic carbocycles. The Morgan fingerprint density at radius 3 is 2.46 bits per heavy atom. The molecule has 0 radical (unpaired) electrons. The Bertz CT molecular complexity index is 245. The minimum Gasteiger partial charge on any atom is -0.429 e. The third-order valence-electron chi connectivity index (χ3n) is 1.43. The molecule has 0 aliphatic heterocycles. The lowest BCUT2D eigenvalue weighted by atomic mass is 10.2. The van der Waals surface area contributed by atoms with Gasteiger partial charge in [-0.2, -0.15) is 0 Å². The van der Waals surface area contributed by atoms with E-state index in [1.165, 1.54) is 6.08 Å². The summed E-state index contributed by atoms with van der Waals surface area (Å²) >= 11 is 0. The fourth-order valence-electron chi connectivity index (χ4n) is 0.686. The zero-order chi connectivity index (χ0) is 10.3. The highest BCUT2D eigenvalue weighted by Crippen LogP contribution is 2.09. The van der Waals surface area contributed by atoms with E-state index in [-0.39, 0.29) is 6.61 Å². The molecule has 1 N–H and O–H groups in total. The lowest BCUT2D eigenvalue weighted by molar-refractivity contribution is -0.124. The number of ether oxygens (including phenoxy) is 1. The minimum absolute atomic E-state index is 0.123. The van der Waals surface area contributed by atoms with Crippen LogP contribution in [0.1, 0.15) is 13.8 Å².